The Labute approximate surface area is 219 Å². The fourth-order valence-corrected chi connectivity index (χ4v) is 4.26. The van der Waals surface area contributed by atoms with Gasteiger partial charge in [0.05, 0.1) is 29.8 Å². The van der Waals surface area contributed by atoms with Gasteiger partial charge in [0.2, 0.25) is 0 Å². The summed E-state index contributed by atoms with van der Waals surface area (Å²) in [5, 5.41) is 10.8. The third-order valence-corrected chi connectivity index (χ3v) is 6.19. The van der Waals surface area contributed by atoms with Gasteiger partial charge in [-0.2, -0.15) is 0 Å². The van der Waals surface area contributed by atoms with Crippen molar-refractivity contribution in [1.29, 1.82) is 0 Å². The molecule has 3 heterocycles. The molecule has 194 valence electrons. The van der Waals surface area contributed by atoms with E-state index in [4.69, 9.17) is 4.74 Å². The fourth-order valence-electron chi connectivity index (χ4n) is 4.26. The van der Waals surface area contributed by atoms with Gasteiger partial charge in [-0.3, -0.25) is 4.79 Å². The second kappa shape index (κ2) is 10.9. The van der Waals surface area contributed by atoms with E-state index >= 15 is 4.39 Å². The second-order valence-corrected chi connectivity index (χ2v) is 9.19. The van der Waals surface area contributed by atoms with Crippen LogP contribution in [0, 0.1) is 12.7 Å². The molecule has 9 nitrogen and oxygen atoms in total. The van der Waals surface area contributed by atoms with E-state index in [2.05, 4.69) is 25.5 Å². The second-order valence-electron chi connectivity index (χ2n) is 9.19. The van der Waals surface area contributed by atoms with E-state index in [0.717, 1.165) is 5.56 Å². The lowest BCUT2D eigenvalue weighted by molar-refractivity contribution is 0.102. The number of halogens is 1. The fraction of sp³-hybridized carbons (Fsp3) is 0.250. The van der Waals surface area contributed by atoms with Crippen LogP contribution in [0.5, 0.6) is 0 Å². The number of carbonyl (C=O) groups excluding carboxylic acids is 1. The van der Waals surface area contributed by atoms with Crippen LogP contribution in [0.15, 0.2) is 67.0 Å². The summed E-state index contributed by atoms with van der Waals surface area (Å²) in [6, 6.07) is 18.0. The van der Waals surface area contributed by atoms with Crippen molar-refractivity contribution in [3.63, 3.8) is 0 Å². The van der Waals surface area contributed by atoms with E-state index in [1.807, 2.05) is 60.2 Å². The van der Waals surface area contributed by atoms with Crippen molar-refractivity contribution in [1.82, 2.24) is 29.3 Å². The van der Waals surface area contributed by atoms with E-state index in [0.29, 0.717) is 48.1 Å². The lowest BCUT2D eigenvalue weighted by atomic mass is 10.1. The Balaban J connectivity index is 1.31. The summed E-state index contributed by atoms with van der Waals surface area (Å²) >= 11 is 0. The molecule has 0 atom stereocenters. The first-order chi connectivity index (χ1) is 18.4. The van der Waals surface area contributed by atoms with Gasteiger partial charge in [-0.05, 0) is 44.5 Å². The highest BCUT2D eigenvalue weighted by atomic mass is 19.1. The molecule has 0 unspecified atom stereocenters. The Morgan fingerprint density at radius 1 is 1.08 bits per heavy atom. The Morgan fingerprint density at radius 2 is 1.89 bits per heavy atom. The molecule has 0 spiro atoms. The van der Waals surface area contributed by atoms with Crippen LogP contribution in [-0.4, -0.2) is 41.8 Å². The first-order valence-corrected chi connectivity index (χ1v) is 12.4. The Kier molecular flexibility index (Phi) is 7.23. The summed E-state index contributed by atoms with van der Waals surface area (Å²) in [5.74, 6) is 0.318. The summed E-state index contributed by atoms with van der Waals surface area (Å²) in [6.45, 7) is 7.32. The molecular formula is C28H28FN7O2. The van der Waals surface area contributed by atoms with Gasteiger partial charge in [-0.15, -0.1) is 10.2 Å². The van der Waals surface area contributed by atoms with Crippen molar-refractivity contribution in [3.05, 3.63) is 89.8 Å². The monoisotopic (exact) mass is 513 g/mol. The molecule has 0 aliphatic heterocycles. The number of aryl methyl sites for hydroxylation is 1. The minimum atomic E-state index is -0.642. The van der Waals surface area contributed by atoms with E-state index in [1.165, 1.54) is 12.1 Å². The van der Waals surface area contributed by atoms with Gasteiger partial charge in [0, 0.05) is 18.7 Å². The summed E-state index contributed by atoms with van der Waals surface area (Å²) in [5.41, 5.74) is 2.66. The van der Waals surface area contributed by atoms with Crippen molar-refractivity contribution in [3.8, 4) is 11.5 Å². The van der Waals surface area contributed by atoms with Gasteiger partial charge < -0.3 is 19.2 Å². The van der Waals surface area contributed by atoms with Crippen LogP contribution in [0.1, 0.15) is 41.6 Å². The zero-order chi connectivity index (χ0) is 26.6. The van der Waals surface area contributed by atoms with Crippen LogP contribution in [0.2, 0.25) is 0 Å². The van der Waals surface area contributed by atoms with Crippen molar-refractivity contribution in [2.75, 3.05) is 11.9 Å². The average molecular weight is 514 g/mol. The highest BCUT2D eigenvalue weighted by molar-refractivity contribution is 6.05. The number of hydrogen-bond acceptors (Lipinski definition) is 6. The van der Waals surface area contributed by atoms with Gasteiger partial charge in [-0.1, -0.05) is 36.4 Å². The third-order valence-electron chi connectivity index (χ3n) is 6.19. The van der Waals surface area contributed by atoms with E-state index in [1.54, 1.807) is 24.5 Å². The number of benzene rings is 2. The number of nitrogens with one attached hydrogen (secondary N) is 1. The van der Waals surface area contributed by atoms with Crippen molar-refractivity contribution >= 4 is 22.8 Å². The van der Waals surface area contributed by atoms with Gasteiger partial charge >= 0.3 is 0 Å². The quantitative estimate of drug-likeness (QED) is 0.273. The summed E-state index contributed by atoms with van der Waals surface area (Å²) < 4.78 is 24.7. The van der Waals surface area contributed by atoms with E-state index < -0.39 is 11.7 Å². The number of imidazole rings is 1. The molecule has 0 aliphatic carbocycles. The molecule has 2 aromatic carbocycles. The predicted molar refractivity (Wildman–Crippen MR) is 142 cm³/mol. The summed E-state index contributed by atoms with van der Waals surface area (Å²) in [7, 11) is 0. The highest BCUT2D eigenvalue weighted by Gasteiger charge is 2.18. The van der Waals surface area contributed by atoms with Gasteiger partial charge in [-0.25, -0.2) is 14.4 Å². The number of amides is 1. The molecule has 0 aliphatic rings. The zero-order valence-corrected chi connectivity index (χ0v) is 21.4. The van der Waals surface area contributed by atoms with Gasteiger partial charge in [0.1, 0.15) is 29.5 Å². The van der Waals surface area contributed by atoms with Gasteiger partial charge in [0.25, 0.3) is 5.91 Å². The van der Waals surface area contributed by atoms with Crippen molar-refractivity contribution in [2.45, 2.75) is 40.0 Å². The van der Waals surface area contributed by atoms with Crippen LogP contribution < -0.4 is 5.32 Å². The normalized spacial score (nSPS) is 11.4. The van der Waals surface area contributed by atoms with Crippen LogP contribution in [0.3, 0.4) is 0 Å². The topological polar surface area (TPSA) is 99.8 Å². The van der Waals surface area contributed by atoms with E-state index in [9.17, 15) is 4.79 Å². The molecule has 10 heteroatoms. The number of fused-ring (bicyclic) bond motifs is 1. The van der Waals surface area contributed by atoms with Crippen molar-refractivity contribution < 1.29 is 13.9 Å². The highest BCUT2D eigenvalue weighted by Crippen LogP contribution is 2.23. The molecule has 5 rings (SSSR count). The minimum Gasteiger partial charge on any atom is -0.375 e. The number of aromatic nitrogens is 6. The van der Waals surface area contributed by atoms with Gasteiger partial charge in [0.15, 0.2) is 5.82 Å². The maximum atomic E-state index is 15.1. The molecule has 0 saturated carbocycles. The molecule has 0 radical (unpaired) electrons. The number of hydrogen-bond donors (Lipinski definition) is 1. The number of rotatable bonds is 9. The first-order valence-electron chi connectivity index (χ1n) is 12.4. The molecule has 0 fully saturated rings. The van der Waals surface area contributed by atoms with Crippen LogP contribution >= 0.6 is 0 Å². The maximum Gasteiger partial charge on any atom is 0.259 e. The van der Waals surface area contributed by atoms with Crippen LogP contribution in [0.4, 0.5) is 10.2 Å². The SMILES string of the molecule is Cc1nc2cc(C(=O)Nc3cccc(-c4nncn4C(C)C)n3)c(F)cc2n1CCOCc1ccccc1. The lowest BCUT2D eigenvalue weighted by Gasteiger charge is -2.11. The smallest absolute Gasteiger partial charge is 0.259 e. The third kappa shape index (κ3) is 5.30. The van der Waals surface area contributed by atoms with Crippen molar-refractivity contribution in [2.24, 2.45) is 0 Å². The molecule has 1 N–H and O–H groups in total. The lowest BCUT2D eigenvalue weighted by Crippen LogP contribution is -2.15. The van der Waals surface area contributed by atoms with Crippen LogP contribution in [-0.2, 0) is 17.9 Å². The minimum absolute atomic E-state index is 0.111. The summed E-state index contributed by atoms with van der Waals surface area (Å²) in [4.78, 5) is 22.0. The number of ether oxygens (including phenoxy) is 1. The maximum absolute atomic E-state index is 15.1. The Bertz CT molecular complexity index is 1580. The molecular weight excluding hydrogens is 485 g/mol. The molecule has 1 amide bonds. The zero-order valence-electron chi connectivity index (χ0n) is 21.4. The number of anilines is 1. The largest absolute Gasteiger partial charge is 0.375 e. The Hall–Kier alpha value is -4.44. The molecule has 38 heavy (non-hydrogen) atoms. The Morgan fingerprint density at radius 3 is 2.68 bits per heavy atom. The predicted octanol–water partition coefficient (Wildman–Crippen LogP) is 5.19. The molecule has 3 aromatic heterocycles. The number of carbonyl (C=O) groups is 1. The molecule has 0 saturated heterocycles. The summed E-state index contributed by atoms with van der Waals surface area (Å²) in [6.07, 6.45) is 1.63. The van der Waals surface area contributed by atoms with Crippen LogP contribution in [0.25, 0.3) is 22.6 Å². The van der Waals surface area contributed by atoms with E-state index in [-0.39, 0.29) is 17.4 Å². The number of pyridine rings is 1. The first kappa shape index (κ1) is 25.2. The number of nitrogens with zero attached hydrogens (tertiary/aromatic N) is 6. The molecule has 0 bridgehead atoms. The molecule has 5 aromatic rings. The standard InChI is InChI=1S/C28H28FN7O2/c1-18(2)36-17-30-34-27(36)23-10-7-11-26(32-23)33-28(37)21-14-24-25(15-22(21)29)35(19(3)31-24)12-13-38-16-20-8-5-4-6-9-20/h4-11,14-15,17-18H,12-13,16H2,1-3H3,(H,32,33,37). The average Bonchev–Trinajstić information content (AvgIpc) is 3.52.